The summed E-state index contributed by atoms with van der Waals surface area (Å²) >= 11 is 3.55. The van der Waals surface area contributed by atoms with Crippen LogP contribution in [-0.2, 0) is 0 Å². The van der Waals surface area contributed by atoms with Gasteiger partial charge < -0.3 is 10.3 Å². The van der Waals surface area contributed by atoms with Crippen molar-refractivity contribution in [1.82, 2.24) is 14.5 Å². The van der Waals surface area contributed by atoms with Crippen molar-refractivity contribution in [3.63, 3.8) is 0 Å². The number of fused-ring (bicyclic) bond motifs is 1. The smallest absolute Gasteiger partial charge is 0.131 e. The molecule has 0 saturated heterocycles. The Morgan fingerprint density at radius 1 is 1.20 bits per heavy atom. The molecule has 0 atom stereocenters. The molecule has 5 heteroatoms. The van der Waals surface area contributed by atoms with Gasteiger partial charge in [0.15, 0.2) is 0 Å². The van der Waals surface area contributed by atoms with E-state index in [0.717, 1.165) is 26.6 Å². The van der Waals surface area contributed by atoms with Crippen molar-refractivity contribution < 1.29 is 0 Å². The van der Waals surface area contributed by atoms with E-state index in [-0.39, 0.29) is 6.04 Å². The van der Waals surface area contributed by atoms with Crippen LogP contribution in [0.4, 0.5) is 5.82 Å². The number of hydrogen-bond donors (Lipinski definition) is 1. The second kappa shape index (κ2) is 4.90. The Balaban J connectivity index is 2.28. The normalized spacial score (nSPS) is 11.4. The van der Waals surface area contributed by atoms with E-state index >= 15 is 0 Å². The van der Waals surface area contributed by atoms with E-state index in [4.69, 9.17) is 5.73 Å². The Morgan fingerprint density at radius 2 is 2.00 bits per heavy atom. The standard InChI is InChI=1S/C15H15BrN4/c1-9(2)20-8-19-14(15(20)17)11-5-6-12(16)10-4-3-7-18-13(10)11/h3-9H,17H2,1-2H3. The number of pyridine rings is 1. The van der Waals surface area contributed by atoms with E-state index in [1.54, 1.807) is 12.5 Å². The number of aromatic nitrogens is 3. The van der Waals surface area contributed by atoms with Gasteiger partial charge in [-0.25, -0.2) is 4.98 Å². The summed E-state index contributed by atoms with van der Waals surface area (Å²) in [6.07, 6.45) is 3.57. The second-order valence-electron chi connectivity index (χ2n) is 4.97. The fourth-order valence-corrected chi connectivity index (χ4v) is 2.77. The zero-order valence-corrected chi connectivity index (χ0v) is 12.9. The van der Waals surface area contributed by atoms with Crippen LogP contribution in [0, 0.1) is 0 Å². The van der Waals surface area contributed by atoms with Gasteiger partial charge in [-0.3, -0.25) is 4.98 Å². The lowest BCUT2D eigenvalue weighted by molar-refractivity contribution is 0.607. The molecule has 0 fully saturated rings. The van der Waals surface area contributed by atoms with Crippen molar-refractivity contribution in [2.45, 2.75) is 19.9 Å². The molecule has 0 unspecified atom stereocenters. The maximum Gasteiger partial charge on any atom is 0.131 e. The van der Waals surface area contributed by atoms with Crippen LogP contribution in [0.15, 0.2) is 41.3 Å². The van der Waals surface area contributed by atoms with Crippen molar-refractivity contribution in [2.75, 3.05) is 5.73 Å². The van der Waals surface area contributed by atoms with Crippen molar-refractivity contribution in [2.24, 2.45) is 0 Å². The summed E-state index contributed by atoms with van der Waals surface area (Å²) in [7, 11) is 0. The number of anilines is 1. The van der Waals surface area contributed by atoms with Crippen molar-refractivity contribution in [3.8, 4) is 11.3 Å². The highest BCUT2D eigenvalue weighted by atomic mass is 79.9. The molecule has 102 valence electrons. The maximum atomic E-state index is 6.23. The first-order valence-corrected chi connectivity index (χ1v) is 7.24. The number of nitrogen functional groups attached to an aromatic ring is 1. The van der Waals surface area contributed by atoms with Crippen LogP contribution in [0.25, 0.3) is 22.2 Å². The molecule has 0 amide bonds. The summed E-state index contributed by atoms with van der Waals surface area (Å²) in [4.78, 5) is 8.95. The van der Waals surface area contributed by atoms with Crippen LogP contribution in [0.5, 0.6) is 0 Å². The van der Waals surface area contributed by atoms with Gasteiger partial charge in [0.2, 0.25) is 0 Å². The Bertz CT molecular complexity index is 777. The summed E-state index contributed by atoms with van der Waals surface area (Å²) in [5, 5.41) is 1.06. The van der Waals surface area contributed by atoms with Gasteiger partial charge in [-0.1, -0.05) is 22.0 Å². The molecule has 0 aliphatic carbocycles. The van der Waals surface area contributed by atoms with Gasteiger partial charge >= 0.3 is 0 Å². The summed E-state index contributed by atoms with van der Waals surface area (Å²) < 4.78 is 2.98. The third-order valence-electron chi connectivity index (χ3n) is 3.36. The highest BCUT2D eigenvalue weighted by molar-refractivity contribution is 9.10. The first-order chi connectivity index (χ1) is 9.59. The van der Waals surface area contributed by atoms with Crippen molar-refractivity contribution in [1.29, 1.82) is 0 Å². The molecule has 1 aromatic carbocycles. The van der Waals surface area contributed by atoms with Gasteiger partial charge in [-0.2, -0.15) is 0 Å². The molecule has 2 aromatic heterocycles. The van der Waals surface area contributed by atoms with Gasteiger partial charge in [0.05, 0.1) is 11.8 Å². The molecule has 2 heterocycles. The Labute approximate surface area is 125 Å². The van der Waals surface area contributed by atoms with Gasteiger partial charge in [0.1, 0.15) is 11.5 Å². The molecule has 0 aliphatic heterocycles. The molecule has 20 heavy (non-hydrogen) atoms. The summed E-state index contributed by atoms with van der Waals surface area (Å²) in [6, 6.07) is 8.25. The highest BCUT2D eigenvalue weighted by Gasteiger charge is 2.15. The quantitative estimate of drug-likeness (QED) is 0.771. The minimum atomic E-state index is 0.283. The summed E-state index contributed by atoms with van der Waals surface area (Å²) in [6.45, 7) is 4.17. The minimum absolute atomic E-state index is 0.283. The largest absolute Gasteiger partial charge is 0.383 e. The average molecular weight is 331 g/mol. The lowest BCUT2D eigenvalue weighted by Crippen LogP contribution is -2.04. The van der Waals surface area contributed by atoms with E-state index in [0.29, 0.717) is 5.82 Å². The SMILES string of the molecule is CC(C)n1cnc(-c2ccc(Br)c3cccnc23)c1N. The van der Waals surface area contributed by atoms with Crippen LogP contribution < -0.4 is 5.73 Å². The van der Waals surface area contributed by atoms with Crippen molar-refractivity contribution in [3.05, 3.63) is 41.3 Å². The van der Waals surface area contributed by atoms with E-state index in [9.17, 15) is 0 Å². The minimum Gasteiger partial charge on any atom is -0.383 e. The van der Waals surface area contributed by atoms with Crippen LogP contribution in [0.3, 0.4) is 0 Å². The van der Waals surface area contributed by atoms with Gasteiger partial charge in [0.25, 0.3) is 0 Å². The van der Waals surface area contributed by atoms with Crippen molar-refractivity contribution >= 4 is 32.7 Å². The molecular formula is C15H15BrN4. The zero-order chi connectivity index (χ0) is 14.3. The molecular weight excluding hydrogens is 316 g/mol. The number of benzene rings is 1. The third kappa shape index (κ3) is 1.98. The number of rotatable bonds is 2. The Morgan fingerprint density at radius 3 is 2.70 bits per heavy atom. The van der Waals surface area contributed by atoms with Gasteiger partial charge in [0, 0.05) is 27.7 Å². The summed E-state index contributed by atoms with van der Waals surface area (Å²) in [5.41, 5.74) is 8.88. The predicted octanol–water partition coefficient (Wildman–Crippen LogP) is 4.02. The molecule has 0 radical (unpaired) electrons. The van der Waals surface area contributed by atoms with Crippen LogP contribution in [0.1, 0.15) is 19.9 Å². The van der Waals surface area contributed by atoms with Crippen LogP contribution in [0.2, 0.25) is 0 Å². The van der Waals surface area contributed by atoms with Crippen LogP contribution in [-0.4, -0.2) is 14.5 Å². The molecule has 0 bridgehead atoms. The number of hydrogen-bond acceptors (Lipinski definition) is 3. The zero-order valence-electron chi connectivity index (χ0n) is 11.3. The van der Waals surface area contributed by atoms with Crippen LogP contribution >= 0.6 is 15.9 Å². The number of nitrogens with zero attached hydrogens (tertiary/aromatic N) is 3. The third-order valence-corrected chi connectivity index (χ3v) is 4.05. The Hall–Kier alpha value is -1.88. The average Bonchev–Trinajstić information content (AvgIpc) is 2.82. The van der Waals surface area contributed by atoms with E-state index in [1.165, 1.54) is 0 Å². The monoisotopic (exact) mass is 330 g/mol. The lowest BCUT2D eigenvalue weighted by atomic mass is 10.1. The lowest BCUT2D eigenvalue weighted by Gasteiger charge is -2.10. The van der Waals surface area contributed by atoms with E-state index in [1.807, 2.05) is 28.8 Å². The molecule has 2 N–H and O–H groups in total. The predicted molar refractivity (Wildman–Crippen MR) is 85.5 cm³/mol. The van der Waals surface area contributed by atoms with Gasteiger partial charge in [-0.15, -0.1) is 0 Å². The first-order valence-electron chi connectivity index (χ1n) is 6.45. The van der Waals surface area contributed by atoms with E-state index in [2.05, 4.69) is 39.7 Å². The topological polar surface area (TPSA) is 56.7 Å². The van der Waals surface area contributed by atoms with Gasteiger partial charge in [-0.05, 0) is 32.0 Å². The highest BCUT2D eigenvalue weighted by Crippen LogP contribution is 2.34. The fraction of sp³-hybridized carbons (Fsp3) is 0.200. The second-order valence-corrected chi connectivity index (χ2v) is 5.83. The molecule has 3 rings (SSSR count). The number of nitrogens with two attached hydrogens (primary N) is 1. The molecule has 0 aliphatic rings. The molecule has 3 aromatic rings. The Kier molecular flexibility index (Phi) is 3.22. The fourth-order valence-electron chi connectivity index (χ4n) is 2.32. The van der Waals surface area contributed by atoms with E-state index < -0.39 is 0 Å². The molecule has 4 nitrogen and oxygen atoms in total. The number of imidazole rings is 1. The maximum absolute atomic E-state index is 6.23. The first kappa shape index (κ1) is 13.1. The molecule has 0 spiro atoms. The summed E-state index contributed by atoms with van der Waals surface area (Å²) in [5.74, 6) is 0.675. The number of halogens is 1. The molecule has 0 saturated carbocycles.